The second-order valence-electron chi connectivity index (χ2n) is 9.10. The van der Waals surface area contributed by atoms with E-state index < -0.39 is 10.0 Å². The molecular weight excluding hydrogens is 463 g/mol. The van der Waals surface area contributed by atoms with E-state index in [1.54, 1.807) is 22.5 Å². The Hall–Kier alpha value is -1.11. The van der Waals surface area contributed by atoms with Gasteiger partial charge in [0.05, 0.1) is 29.7 Å². The summed E-state index contributed by atoms with van der Waals surface area (Å²) in [6, 6.07) is 11.6. The van der Waals surface area contributed by atoms with E-state index in [2.05, 4.69) is 45.9 Å². The van der Waals surface area contributed by atoms with Gasteiger partial charge in [-0.1, -0.05) is 58.6 Å². The van der Waals surface area contributed by atoms with Crippen molar-refractivity contribution in [3.05, 3.63) is 63.1 Å². The minimum absolute atomic E-state index is 0.0691. The van der Waals surface area contributed by atoms with Crippen molar-refractivity contribution in [2.75, 3.05) is 26.2 Å². The first-order valence-corrected chi connectivity index (χ1v) is 13.7. The third kappa shape index (κ3) is 5.87. The van der Waals surface area contributed by atoms with Crippen LogP contribution in [0, 0.1) is 13.8 Å². The van der Waals surface area contributed by atoms with Crippen molar-refractivity contribution in [2.24, 2.45) is 0 Å². The fourth-order valence-corrected chi connectivity index (χ4v) is 7.08. The fourth-order valence-electron chi connectivity index (χ4n) is 4.62. The molecule has 4 nitrogen and oxygen atoms in total. The van der Waals surface area contributed by atoms with E-state index in [9.17, 15) is 8.42 Å². The molecule has 0 amide bonds. The minimum Gasteiger partial charge on any atom is -0.320 e. The molecule has 32 heavy (non-hydrogen) atoms. The molecule has 1 aliphatic rings. The second kappa shape index (κ2) is 10.4. The normalized spacial score (nSPS) is 14.8. The maximum atomic E-state index is 13.4. The lowest BCUT2D eigenvalue weighted by atomic mass is 10.1. The topological polar surface area (TPSA) is 37.4 Å². The smallest absolute Gasteiger partial charge is 0.244 e. The van der Waals surface area contributed by atoms with Gasteiger partial charge in [0.1, 0.15) is 11.4 Å². The molecule has 1 saturated carbocycles. The monoisotopic (exact) mass is 497 g/mol. The molecule has 1 aliphatic carbocycles. The van der Waals surface area contributed by atoms with Crippen molar-refractivity contribution in [3.63, 3.8) is 0 Å². The molecule has 0 unspecified atom stereocenters. The van der Waals surface area contributed by atoms with Gasteiger partial charge in [-0.3, -0.25) is 0 Å². The van der Waals surface area contributed by atoms with Crippen LogP contribution in [0.1, 0.15) is 49.8 Å². The van der Waals surface area contributed by atoms with E-state index in [1.165, 1.54) is 16.7 Å². The molecule has 0 aromatic heterocycles. The van der Waals surface area contributed by atoms with E-state index in [4.69, 9.17) is 23.2 Å². The summed E-state index contributed by atoms with van der Waals surface area (Å²) < 4.78 is 29.4. The molecule has 176 valence electrons. The molecule has 7 heteroatoms. The van der Waals surface area contributed by atoms with Gasteiger partial charge < -0.3 is 4.48 Å². The van der Waals surface area contributed by atoms with Gasteiger partial charge in [0.15, 0.2) is 0 Å². The summed E-state index contributed by atoms with van der Waals surface area (Å²) in [6.07, 6.45) is 2.61. The average molecular weight is 499 g/mol. The van der Waals surface area contributed by atoms with Gasteiger partial charge in [-0.25, -0.2) is 8.42 Å². The number of halogens is 2. The minimum atomic E-state index is -3.68. The number of hydrogen-bond donors (Lipinski definition) is 0. The molecule has 1 fully saturated rings. The number of rotatable bonds is 11. The molecule has 0 aliphatic heterocycles. The Balaban J connectivity index is 1.75. The van der Waals surface area contributed by atoms with Crippen LogP contribution >= 0.6 is 23.2 Å². The summed E-state index contributed by atoms with van der Waals surface area (Å²) in [6.45, 7) is 13.2. The van der Waals surface area contributed by atoms with Gasteiger partial charge in [-0.15, -0.1) is 0 Å². The number of hydrogen-bond acceptors (Lipinski definition) is 2. The van der Waals surface area contributed by atoms with E-state index in [1.807, 2.05) is 0 Å². The van der Waals surface area contributed by atoms with Crippen LogP contribution in [0.25, 0.3) is 0 Å². The maximum Gasteiger partial charge on any atom is 0.244 e. The highest BCUT2D eigenvalue weighted by molar-refractivity contribution is 7.89. The van der Waals surface area contributed by atoms with Crippen LogP contribution in [0.2, 0.25) is 10.0 Å². The Labute approximate surface area is 203 Å². The lowest BCUT2D eigenvalue weighted by molar-refractivity contribution is -0.937. The second-order valence-corrected chi connectivity index (χ2v) is 11.7. The van der Waals surface area contributed by atoms with Crippen LogP contribution < -0.4 is 0 Å². The van der Waals surface area contributed by atoms with E-state index in [-0.39, 0.29) is 21.0 Å². The summed E-state index contributed by atoms with van der Waals surface area (Å²) in [7, 11) is -3.68. The number of sulfonamides is 1. The van der Waals surface area contributed by atoms with Gasteiger partial charge in [-0.05, 0) is 52.7 Å². The Morgan fingerprint density at radius 1 is 1.03 bits per heavy atom. The Morgan fingerprint density at radius 2 is 1.66 bits per heavy atom. The molecular formula is C25H35Cl2N2O2S+. The standard InChI is InChI=1S/C25H35Cl2N2O2S/c1-5-29(6-2,18-21-16-19(3)15-20(4)17-21)14-8-13-28(22-11-12-22)32(30,31)24-10-7-9-23(26)25(24)27/h7,9-10,15-17,22H,5-6,8,11-14,18H2,1-4H3/q+1. The highest BCUT2D eigenvalue weighted by Gasteiger charge is 2.39. The van der Waals surface area contributed by atoms with E-state index in [0.29, 0.717) is 6.54 Å². The predicted molar refractivity (Wildman–Crippen MR) is 134 cm³/mol. The van der Waals surface area contributed by atoms with Gasteiger partial charge >= 0.3 is 0 Å². The Bertz CT molecular complexity index is 1030. The zero-order chi connectivity index (χ0) is 23.5. The van der Waals surface area contributed by atoms with Crippen molar-refractivity contribution >= 4 is 33.2 Å². The van der Waals surface area contributed by atoms with Crippen LogP contribution in [0.3, 0.4) is 0 Å². The number of aryl methyl sites for hydroxylation is 2. The largest absolute Gasteiger partial charge is 0.320 e. The summed E-state index contributed by atoms with van der Waals surface area (Å²) in [5.41, 5.74) is 3.92. The van der Waals surface area contributed by atoms with Crippen molar-refractivity contribution < 1.29 is 12.9 Å². The summed E-state index contributed by atoms with van der Waals surface area (Å²) in [4.78, 5) is 0.112. The summed E-state index contributed by atoms with van der Waals surface area (Å²) >= 11 is 12.4. The van der Waals surface area contributed by atoms with Crippen molar-refractivity contribution in [3.8, 4) is 0 Å². The van der Waals surface area contributed by atoms with Crippen LogP contribution in [-0.4, -0.2) is 49.4 Å². The van der Waals surface area contributed by atoms with Crippen molar-refractivity contribution in [2.45, 2.75) is 64.4 Å². The molecule has 0 saturated heterocycles. The van der Waals surface area contributed by atoms with Gasteiger partial charge in [0, 0.05) is 24.6 Å². The number of benzene rings is 2. The number of quaternary nitrogens is 1. The van der Waals surface area contributed by atoms with Gasteiger partial charge in [-0.2, -0.15) is 4.31 Å². The zero-order valence-corrected chi connectivity index (χ0v) is 21.9. The first kappa shape index (κ1) is 25.5. The zero-order valence-electron chi connectivity index (χ0n) is 19.6. The predicted octanol–water partition coefficient (Wildman–Crippen LogP) is 6.21. The van der Waals surface area contributed by atoms with Crippen molar-refractivity contribution in [1.29, 1.82) is 0 Å². The molecule has 0 spiro atoms. The van der Waals surface area contributed by atoms with Gasteiger partial charge in [0.25, 0.3) is 0 Å². The lowest BCUT2D eigenvalue weighted by Crippen LogP contribution is -2.48. The third-order valence-corrected chi connectivity index (χ3v) is 9.53. The molecule has 0 heterocycles. The summed E-state index contributed by atoms with van der Waals surface area (Å²) in [5.74, 6) is 0. The molecule has 0 bridgehead atoms. The first-order chi connectivity index (χ1) is 15.1. The number of nitrogens with zero attached hydrogens (tertiary/aromatic N) is 2. The lowest BCUT2D eigenvalue weighted by Gasteiger charge is -2.38. The molecule has 0 N–H and O–H groups in total. The third-order valence-electron chi connectivity index (χ3n) is 6.61. The van der Waals surface area contributed by atoms with Crippen LogP contribution in [0.15, 0.2) is 41.3 Å². The maximum absolute atomic E-state index is 13.4. The fraction of sp³-hybridized carbons (Fsp3) is 0.520. The Kier molecular flexibility index (Phi) is 8.32. The van der Waals surface area contributed by atoms with Crippen LogP contribution in [0.5, 0.6) is 0 Å². The molecule has 0 radical (unpaired) electrons. The molecule has 0 atom stereocenters. The average Bonchev–Trinajstić information content (AvgIpc) is 3.56. The summed E-state index contributed by atoms with van der Waals surface area (Å²) in [5, 5.41) is 0.381. The van der Waals surface area contributed by atoms with Crippen LogP contribution in [-0.2, 0) is 16.6 Å². The van der Waals surface area contributed by atoms with Crippen molar-refractivity contribution in [1.82, 2.24) is 4.31 Å². The van der Waals surface area contributed by atoms with E-state index in [0.717, 1.165) is 49.9 Å². The highest BCUT2D eigenvalue weighted by atomic mass is 35.5. The molecule has 2 aromatic rings. The SMILES string of the molecule is CC[N+](CC)(CCCN(C1CC1)S(=O)(=O)c1cccc(Cl)c1Cl)Cc1cc(C)cc(C)c1. The molecule has 3 rings (SSSR count). The Morgan fingerprint density at radius 3 is 2.22 bits per heavy atom. The van der Waals surface area contributed by atoms with Gasteiger partial charge in [0.2, 0.25) is 10.0 Å². The van der Waals surface area contributed by atoms with E-state index >= 15 is 0 Å². The highest BCUT2D eigenvalue weighted by Crippen LogP contribution is 2.36. The van der Waals surface area contributed by atoms with Crippen LogP contribution in [0.4, 0.5) is 0 Å². The first-order valence-electron chi connectivity index (χ1n) is 11.5. The quantitative estimate of drug-likeness (QED) is 0.346. The molecule has 2 aromatic carbocycles.